The van der Waals surface area contributed by atoms with Crippen LogP contribution in [0.15, 0.2) is 21.7 Å². The zero-order chi connectivity index (χ0) is 13.2. The van der Waals surface area contributed by atoms with Gasteiger partial charge < -0.3 is 4.57 Å². The molecule has 9 heteroatoms. The monoisotopic (exact) mass is 304 g/mol. The number of rotatable bonds is 3. The second-order valence-electron chi connectivity index (χ2n) is 3.21. The predicted octanol–water partition coefficient (Wildman–Crippen LogP) is 0.0699. The van der Waals surface area contributed by atoms with Gasteiger partial charge in [0.05, 0.1) is 15.6 Å². The molecule has 17 heavy (non-hydrogen) atoms. The smallest absolute Gasteiger partial charge is 0.333 e. The highest BCUT2D eigenvalue weighted by atomic mass is 79.9. The first kappa shape index (κ1) is 13.3. The first-order chi connectivity index (χ1) is 7.88. The highest BCUT2D eigenvalue weighted by Crippen LogP contribution is 2.15. The van der Waals surface area contributed by atoms with Crippen molar-refractivity contribution < 1.29 is 9.72 Å². The summed E-state index contributed by atoms with van der Waals surface area (Å²) < 4.78 is 1.23. The Labute approximate surface area is 104 Å². The molecule has 1 rings (SSSR count). The van der Waals surface area contributed by atoms with Crippen LogP contribution in [0.4, 0.5) is 5.69 Å². The van der Waals surface area contributed by atoms with Crippen LogP contribution in [0, 0.1) is 10.1 Å². The van der Waals surface area contributed by atoms with Crippen LogP contribution < -0.4 is 16.7 Å². The fourth-order valence-electron chi connectivity index (χ4n) is 1.16. The van der Waals surface area contributed by atoms with E-state index in [-0.39, 0.29) is 4.47 Å². The number of amides is 1. The third kappa shape index (κ3) is 2.68. The number of halogens is 1. The molecule has 0 saturated heterocycles. The zero-order valence-electron chi connectivity index (χ0n) is 8.71. The van der Waals surface area contributed by atoms with Crippen LogP contribution in [-0.2, 0) is 4.79 Å². The van der Waals surface area contributed by atoms with Crippen LogP contribution in [-0.4, -0.2) is 15.4 Å². The molecule has 0 saturated carbocycles. The van der Waals surface area contributed by atoms with Gasteiger partial charge in [-0.25, -0.2) is 5.84 Å². The zero-order valence-corrected chi connectivity index (χ0v) is 10.3. The number of nitrogens with zero attached hydrogens (tertiary/aromatic N) is 2. The van der Waals surface area contributed by atoms with Gasteiger partial charge in [0.2, 0.25) is 0 Å². The molecule has 0 aromatic carbocycles. The Bertz CT molecular complexity index is 527. The highest BCUT2D eigenvalue weighted by molar-refractivity contribution is 9.10. The van der Waals surface area contributed by atoms with Crippen LogP contribution in [0.3, 0.4) is 0 Å². The van der Waals surface area contributed by atoms with E-state index in [1.54, 1.807) is 0 Å². The molecule has 1 aromatic rings. The average molecular weight is 305 g/mol. The molecule has 8 nitrogen and oxygen atoms in total. The van der Waals surface area contributed by atoms with Gasteiger partial charge in [-0.2, -0.15) is 0 Å². The SMILES string of the molecule is CC(C(=O)NN)n1cc(Br)c(=O)c([N+](=O)[O-])c1. The molecule has 92 valence electrons. The van der Waals surface area contributed by atoms with Crippen molar-refractivity contribution in [3.63, 3.8) is 0 Å². The number of nitro groups is 1. The number of carbonyl (C=O) groups is 1. The predicted molar refractivity (Wildman–Crippen MR) is 62.1 cm³/mol. The Morgan fingerprint density at radius 3 is 2.71 bits per heavy atom. The second kappa shape index (κ2) is 5.06. The van der Waals surface area contributed by atoms with Gasteiger partial charge in [0.1, 0.15) is 6.04 Å². The molecule has 0 aliphatic heterocycles. The van der Waals surface area contributed by atoms with Crippen LogP contribution in [0.5, 0.6) is 0 Å². The van der Waals surface area contributed by atoms with E-state index in [1.165, 1.54) is 17.7 Å². The molecule has 0 spiro atoms. The van der Waals surface area contributed by atoms with Crippen molar-refractivity contribution in [3.05, 3.63) is 37.2 Å². The first-order valence-electron chi connectivity index (χ1n) is 4.44. The van der Waals surface area contributed by atoms with Crippen molar-refractivity contribution in [3.8, 4) is 0 Å². The van der Waals surface area contributed by atoms with E-state index < -0.39 is 28.0 Å². The normalized spacial score (nSPS) is 11.9. The molecule has 0 aliphatic carbocycles. The van der Waals surface area contributed by atoms with Crippen LogP contribution in [0.2, 0.25) is 0 Å². The topological polar surface area (TPSA) is 120 Å². The third-order valence-corrected chi connectivity index (χ3v) is 2.71. The fraction of sp³-hybridized carbons (Fsp3) is 0.250. The van der Waals surface area contributed by atoms with Gasteiger partial charge in [0.15, 0.2) is 0 Å². The summed E-state index contributed by atoms with van der Waals surface area (Å²) in [7, 11) is 0. The van der Waals surface area contributed by atoms with Crippen LogP contribution >= 0.6 is 15.9 Å². The van der Waals surface area contributed by atoms with Gasteiger partial charge in [-0.3, -0.25) is 25.1 Å². The van der Waals surface area contributed by atoms with Crippen molar-refractivity contribution >= 4 is 27.5 Å². The summed E-state index contributed by atoms with van der Waals surface area (Å²) in [6.07, 6.45) is 2.28. The van der Waals surface area contributed by atoms with Crippen molar-refractivity contribution in [2.75, 3.05) is 0 Å². The molecule has 1 heterocycles. The molecule has 3 N–H and O–H groups in total. The van der Waals surface area contributed by atoms with E-state index in [4.69, 9.17) is 5.84 Å². The molecule has 1 atom stereocenters. The standard InChI is InChI=1S/C8H9BrN4O4/c1-4(8(15)11-10)12-2-5(9)7(14)6(3-12)13(16)17/h2-4H,10H2,1H3,(H,11,15). The number of nitrogens with one attached hydrogen (secondary N) is 1. The summed E-state index contributed by atoms with van der Waals surface area (Å²) in [6.45, 7) is 1.49. The number of hydrogen-bond acceptors (Lipinski definition) is 5. The Morgan fingerprint density at radius 1 is 1.65 bits per heavy atom. The molecule has 0 bridgehead atoms. The third-order valence-electron chi connectivity index (χ3n) is 2.15. The van der Waals surface area contributed by atoms with Gasteiger partial charge >= 0.3 is 5.69 Å². The molecule has 1 amide bonds. The molecule has 1 unspecified atom stereocenters. The molecule has 0 fully saturated rings. The summed E-state index contributed by atoms with van der Waals surface area (Å²) in [4.78, 5) is 32.5. The summed E-state index contributed by atoms with van der Waals surface area (Å²) in [5.74, 6) is 4.42. The fourth-order valence-corrected chi connectivity index (χ4v) is 1.60. The van der Waals surface area contributed by atoms with E-state index in [1.807, 2.05) is 5.43 Å². The number of nitrogens with two attached hydrogens (primary N) is 1. The quantitative estimate of drug-likeness (QED) is 0.354. The molecule has 0 aliphatic rings. The van der Waals surface area contributed by atoms with Gasteiger partial charge in [0, 0.05) is 6.20 Å². The Balaban J connectivity index is 3.33. The summed E-state index contributed by atoms with van der Waals surface area (Å²) >= 11 is 2.90. The van der Waals surface area contributed by atoms with Crippen molar-refractivity contribution in [1.82, 2.24) is 9.99 Å². The Kier molecular flexibility index (Phi) is 3.97. The second-order valence-corrected chi connectivity index (χ2v) is 4.06. The van der Waals surface area contributed by atoms with Crippen molar-refractivity contribution in [1.29, 1.82) is 0 Å². The van der Waals surface area contributed by atoms with E-state index in [9.17, 15) is 19.7 Å². The minimum Gasteiger partial charge on any atom is -0.335 e. The Hall–Kier alpha value is -1.74. The number of carbonyl (C=O) groups excluding carboxylic acids is 1. The molecular formula is C8H9BrN4O4. The minimum atomic E-state index is -0.809. The first-order valence-corrected chi connectivity index (χ1v) is 5.24. The number of hydrazine groups is 1. The summed E-state index contributed by atoms with van der Waals surface area (Å²) in [5, 5.41) is 10.6. The lowest BCUT2D eigenvalue weighted by atomic mass is 10.3. The maximum absolute atomic E-state index is 11.4. The van der Waals surface area contributed by atoms with Crippen molar-refractivity contribution in [2.24, 2.45) is 5.84 Å². The van der Waals surface area contributed by atoms with Gasteiger partial charge in [-0.15, -0.1) is 0 Å². The number of aromatic nitrogens is 1. The highest BCUT2D eigenvalue weighted by Gasteiger charge is 2.20. The van der Waals surface area contributed by atoms with E-state index in [0.717, 1.165) is 6.20 Å². The van der Waals surface area contributed by atoms with E-state index in [0.29, 0.717) is 0 Å². The lowest BCUT2D eigenvalue weighted by Gasteiger charge is -2.13. The summed E-state index contributed by atoms with van der Waals surface area (Å²) in [6, 6.07) is -0.768. The maximum atomic E-state index is 11.4. The minimum absolute atomic E-state index is 0.00312. The van der Waals surface area contributed by atoms with Gasteiger partial charge in [-0.05, 0) is 22.9 Å². The van der Waals surface area contributed by atoms with E-state index >= 15 is 0 Å². The molecule has 1 aromatic heterocycles. The molecular weight excluding hydrogens is 296 g/mol. The van der Waals surface area contributed by atoms with Gasteiger partial charge in [-0.1, -0.05) is 0 Å². The lowest BCUT2D eigenvalue weighted by molar-refractivity contribution is -0.386. The average Bonchev–Trinajstić information content (AvgIpc) is 2.30. The van der Waals surface area contributed by atoms with Crippen molar-refractivity contribution in [2.45, 2.75) is 13.0 Å². The van der Waals surface area contributed by atoms with Crippen LogP contribution in [0.25, 0.3) is 0 Å². The van der Waals surface area contributed by atoms with E-state index in [2.05, 4.69) is 15.9 Å². The van der Waals surface area contributed by atoms with Crippen LogP contribution in [0.1, 0.15) is 13.0 Å². The lowest BCUT2D eigenvalue weighted by Crippen LogP contribution is -2.36. The molecule has 0 radical (unpaired) electrons. The van der Waals surface area contributed by atoms with Gasteiger partial charge in [0.25, 0.3) is 11.3 Å². The summed E-state index contributed by atoms with van der Waals surface area (Å²) in [5.41, 5.74) is 0.564. The number of pyridine rings is 1. The number of hydrogen-bond donors (Lipinski definition) is 2. The maximum Gasteiger partial charge on any atom is 0.333 e. The Morgan fingerprint density at radius 2 is 2.24 bits per heavy atom. The largest absolute Gasteiger partial charge is 0.335 e.